The minimum atomic E-state index is -1.47. The number of nitrogens with one attached hydrogen (secondary N) is 1. The van der Waals surface area contributed by atoms with E-state index in [4.69, 9.17) is 4.74 Å². The molecule has 0 radical (unpaired) electrons. The van der Waals surface area contributed by atoms with E-state index < -0.39 is 17.4 Å². The zero-order valence-electron chi connectivity index (χ0n) is 19.3. The van der Waals surface area contributed by atoms with Crippen LogP contribution in [-0.4, -0.2) is 29.5 Å². The molecule has 4 rings (SSSR count). The Morgan fingerprint density at radius 1 is 1.00 bits per heavy atom. The van der Waals surface area contributed by atoms with Crippen LogP contribution in [0.5, 0.6) is 5.75 Å². The van der Waals surface area contributed by atoms with Gasteiger partial charge >= 0.3 is 5.97 Å². The van der Waals surface area contributed by atoms with Gasteiger partial charge in [0.05, 0.1) is 12.3 Å². The van der Waals surface area contributed by atoms with Crippen molar-refractivity contribution in [2.24, 2.45) is 0 Å². The SMILES string of the molecule is CCOC(=O)CCC1(NC(=O)/C=C/c2ccccc2O)C(=O)N(c2ccccc2)c2ccccc21. The van der Waals surface area contributed by atoms with Gasteiger partial charge in [0.2, 0.25) is 5.91 Å². The highest BCUT2D eigenvalue weighted by atomic mass is 16.5. The van der Waals surface area contributed by atoms with E-state index in [0.29, 0.717) is 22.5 Å². The summed E-state index contributed by atoms with van der Waals surface area (Å²) in [6, 6.07) is 23.0. The lowest BCUT2D eigenvalue weighted by molar-refractivity contribution is -0.144. The molecule has 0 spiro atoms. The fraction of sp³-hybridized carbons (Fsp3) is 0.179. The number of aromatic hydroxyl groups is 1. The average Bonchev–Trinajstić information content (AvgIpc) is 3.11. The van der Waals surface area contributed by atoms with Crippen LogP contribution in [0.3, 0.4) is 0 Å². The lowest BCUT2D eigenvalue weighted by Crippen LogP contribution is -2.52. The number of ether oxygens (including phenoxy) is 1. The maximum absolute atomic E-state index is 14.0. The molecule has 0 saturated heterocycles. The van der Waals surface area contributed by atoms with E-state index in [0.717, 1.165) is 0 Å². The molecule has 1 aliphatic rings. The number of benzene rings is 3. The van der Waals surface area contributed by atoms with Crippen molar-refractivity contribution in [3.05, 3.63) is 96.1 Å². The zero-order valence-corrected chi connectivity index (χ0v) is 19.3. The monoisotopic (exact) mass is 470 g/mol. The molecule has 35 heavy (non-hydrogen) atoms. The number of para-hydroxylation sites is 3. The Bertz CT molecular complexity index is 1270. The minimum absolute atomic E-state index is 0.0289. The third kappa shape index (κ3) is 4.80. The summed E-state index contributed by atoms with van der Waals surface area (Å²) in [5.74, 6) is -1.31. The third-order valence-electron chi connectivity index (χ3n) is 5.88. The summed E-state index contributed by atoms with van der Waals surface area (Å²) in [5.41, 5.74) is 0.883. The second-order valence-electron chi connectivity index (χ2n) is 8.09. The largest absolute Gasteiger partial charge is 0.507 e. The second kappa shape index (κ2) is 10.3. The van der Waals surface area contributed by atoms with E-state index in [9.17, 15) is 19.5 Å². The Balaban J connectivity index is 1.73. The number of hydrogen-bond acceptors (Lipinski definition) is 5. The fourth-order valence-corrected chi connectivity index (χ4v) is 4.27. The van der Waals surface area contributed by atoms with Crippen molar-refractivity contribution in [1.29, 1.82) is 0 Å². The van der Waals surface area contributed by atoms with Gasteiger partial charge in [0, 0.05) is 29.3 Å². The van der Waals surface area contributed by atoms with Gasteiger partial charge in [0.1, 0.15) is 11.3 Å². The Morgan fingerprint density at radius 3 is 2.43 bits per heavy atom. The molecule has 0 bridgehead atoms. The van der Waals surface area contributed by atoms with Crippen LogP contribution < -0.4 is 10.2 Å². The van der Waals surface area contributed by atoms with Crippen molar-refractivity contribution < 1.29 is 24.2 Å². The highest BCUT2D eigenvalue weighted by Gasteiger charge is 2.52. The number of carbonyl (C=O) groups is 3. The molecular weight excluding hydrogens is 444 g/mol. The number of phenols is 1. The highest BCUT2D eigenvalue weighted by Crippen LogP contribution is 2.46. The van der Waals surface area contributed by atoms with Crippen molar-refractivity contribution in [2.45, 2.75) is 25.3 Å². The van der Waals surface area contributed by atoms with Crippen molar-refractivity contribution in [3.63, 3.8) is 0 Å². The van der Waals surface area contributed by atoms with E-state index in [2.05, 4.69) is 5.32 Å². The van der Waals surface area contributed by atoms with E-state index in [1.807, 2.05) is 42.5 Å². The van der Waals surface area contributed by atoms with Crippen LogP contribution in [0.1, 0.15) is 30.9 Å². The molecule has 0 fully saturated rings. The van der Waals surface area contributed by atoms with Crippen LogP contribution in [0.2, 0.25) is 0 Å². The molecule has 1 unspecified atom stereocenters. The molecule has 2 N–H and O–H groups in total. The van der Waals surface area contributed by atoms with Gasteiger partial charge < -0.3 is 15.2 Å². The van der Waals surface area contributed by atoms with Crippen LogP contribution in [0.4, 0.5) is 11.4 Å². The minimum Gasteiger partial charge on any atom is -0.507 e. The normalized spacial score (nSPS) is 16.8. The Kier molecular flexibility index (Phi) is 6.96. The number of hydrogen-bond donors (Lipinski definition) is 2. The summed E-state index contributed by atoms with van der Waals surface area (Å²) in [6.07, 6.45) is 2.72. The van der Waals surface area contributed by atoms with Crippen molar-refractivity contribution in [3.8, 4) is 5.75 Å². The first kappa shape index (κ1) is 23.8. The maximum atomic E-state index is 14.0. The second-order valence-corrected chi connectivity index (χ2v) is 8.09. The van der Waals surface area contributed by atoms with E-state index >= 15 is 0 Å². The molecule has 0 aliphatic carbocycles. The number of rotatable bonds is 8. The van der Waals surface area contributed by atoms with Crippen LogP contribution in [0.25, 0.3) is 6.08 Å². The van der Waals surface area contributed by atoms with Gasteiger partial charge in [-0.25, -0.2) is 0 Å². The number of nitrogens with zero attached hydrogens (tertiary/aromatic N) is 1. The molecule has 3 aromatic rings. The molecular formula is C28H26N2O5. The molecule has 1 aliphatic heterocycles. The summed E-state index contributed by atoms with van der Waals surface area (Å²) >= 11 is 0. The maximum Gasteiger partial charge on any atom is 0.305 e. The summed E-state index contributed by atoms with van der Waals surface area (Å²) in [4.78, 5) is 40.9. The number of fused-ring (bicyclic) bond motifs is 1. The predicted molar refractivity (Wildman–Crippen MR) is 133 cm³/mol. The summed E-state index contributed by atoms with van der Waals surface area (Å²) in [5, 5.41) is 12.9. The number of amides is 2. The van der Waals surface area contributed by atoms with Gasteiger partial charge in [0.25, 0.3) is 5.91 Å². The summed E-state index contributed by atoms with van der Waals surface area (Å²) in [7, 11) is 0. The third-order valence-corrected chi connectivity index (χ3v) is 5.88. The van der Waals surface area contributed by atoms with Crippen LogP contribution in [0.15, 0.2) is 84.9 Å². The smallest absolute Gasteiger partial charge is 0.305 e. The first-order valence-electron chi connectivity index (χ1n) is 11.4. The summed E-state index contributed by atoms with van der Waals surface area (Å²) in [6.45, 7) is 1.94. The molecule has 3 aromatic carbocycles. The van der Waals surface area contributed by atoms with Crippen molar-refractivity contribution in [1.82, 2.24) is 5.32 Å². The van der Waals surface area contributed by atoms with Gasteiger partial charge in [-0.1, -0.05) is 54.6 Å². The molecule has 0 saturated carbocycles. The molecule has 1 atom stereocenters. The number of anilines is 2. The molecule has 178 valence electrons. The quantitative estimate of drug-likeness (QED) is 0.375. The van der Waals surface area contributed by atoms with E-state index in [1.165, 1.54) is 18.2 Å². The van der Waals surface area contributed by atoms with E-state index in [1.54, 1.807) is 42.2 Å². The van der Waals surface area contributed by atoms with Crippen LogP contribution >= 0.6 is 0 Å². The topological polar surface area (TPSA) is 95.9 Å². The van der Waals surface area contributed by atoms with Crippen molar-refractivity contribution in [2.75, 3.05) is 11.5 Å². The standard InChI is InChI=1S/C28H26N2O5/c1-2-35-26(33)18-19-28(29-25(32)17-16-20-10-6-9-15-24(20)31)22-13-7-8-14-23(22)30(27(28)34)21-11-4-3-5-12-21/h3-17,31H,2,18-19H2,1H3,(H,29,32)/b17-16+. The van der Waals surface area contributed by atoms with Gasteiger partial charge in [0.15, 0.2) is 0 Å². The first-order valence-corrected chi connectivity index (χ1v) is 11.4. The number of phenolic OH excluding ortho intramolecular Hbond substituents is 1. The Morgan fingerprint density at radius 2 is 1.69 bits per heavy atom. The fourth-order valence-electron chi connectivity index (χ4n) is 4.27. The first-order chi connectivity index (χ1) is 17.0. The highest BCUT2D eigenvalue weighted by molar-refractivity contribution is 6.14. The van der Waals surface area contributed by atoms with Gasteiger partial charge in [-0.05, 0) is 43.7 Å². The van der Waals surface area contributed by atoms with E-state index in [-0.39, 0.29) is 31.1 Å². The molecule has 7 heteroatoms. The van der Waals surface area contributed by atoms with Gasteiger partial charge in [-0.15, -0.1) is 0 Å². The molecule has 7 nitrogen and oxygen atoms in total. The van der Waals surface area contributed by atoms with Gasteiger partial charge in [-0.3, -0.25) is 19.3 Å². The zero-order chi connectivity index (χ0) is 24.8. The van der Waals surface area contributed by atoms with Crippen LogP contribution in [-0.2, 0) is 24.7 Å². The average molecular weight is 471 g/mol. The van der Waals surface area contributed by atoms with Gasteiger partial charge in [-0.2, -0.15) is 0 Å². The molecule has 1 heterocycles. The van der Waals surface area contributed by atoms with Crippen LogP contribution in [0, 0.1) is 0 Å². The van der Waals surface area contributed by atoms with Crippen molar-refractivity contribution >= 4 is 35.2 Å². The lowest BCUT2D eigenvalue weighted by atomic mass is 9.86. The summed E-state index contributed by atoms with van der Waals surface area (Å²) < 4.78 is 5.09. The Labute approximate surface area is 203 Å². The Hall–Kier alpha value is -4.39. The number of esters is 1. The predicted octanol–water partition coefficient (Wildman–Crippen LogP) is 4.44. The molecule has 0 aromatic heterocycles. The lowest BCUT2D eigenvalue weighted by Gasteiger charge is -2.29. The molecule has 2 amide bonds. The number of carbonyl (C=O) groups excluding carboxylic acids is 3.